The molecule has 4 heteroatoms. The summed E-state index contributed by atoms with van der Waals surface area (Å²) in [5, 5.41) is 0. The quantitative estimate of drug-likeness (QED) is 0.399. The number of hydrogen-bond donors (Lipinski definition) is 1. The van der Waals surface area contributed by atoms with Crippen LogP contribution in [-0.2, 0) is 9.26 Å². The van der Waals surface area contributed by atoms with Crippen LogP contribution < -0.4 is 4.98 Å². The lowest BCUT2D eigenvalue weighted by Gasteiger charge is -1.90. The molecule has 1 N–H and O–H groups in total. The standard InChI is InChI=1S/C4H7NO2Si/c1-3(2)4(6)5-8-7/h8H,1H2,2H3,(H,5,6). The van der Waals surface area contributed by atoms with Gasteiger partial charge < -0.3 is 9.44 Å². The SMILES string of the molecule is C=C(C)C(=O)N[SiH]=O. The Kier molecular flexibility index (Phi) is 2.94. The Morgan fingerprint density at radius 3 is 2.38 bits per heavy atom. The monoisotopic (exact) mass is 129 g/mol. The van der Waals surface area contributed by atoms with Crippen molar-refractivity contribution in [2.75, 3.05) is 0 Å². The Bertz CT molecular complexity index is 132. The fraction of sp³-hybridized carbons (Fsp3) is 0.250. The van der Waals surface area contributed by atoms with Crippen molar-refractivity contribution in [3.05, 3.63) is 12.2 Å². The topological polar surface area (TPSA) is 46.2 Å². The first kappa shape index (κ1) is 7.23. The normalized spacial score (nSPS) is 7.62. The highest BCUT2D eigenvalue weighted by Crippen LogP contribution is 1.81. The lowest BCUT2D eigenvalue weighted by Crippen LogP contribution is -2.22. The van der Waals surface area contributed by atoms with Gasteiger partial charge in [-0.15, -0.1) is 0 Å². The van der Waals surface area contributed by atoms with Crippen LogP contribution in [0.5, 0.6) is 0 Å². The molecule has 0 rings (SSSR count). The van der Waals surface area contributed by atoms with Crippen molar-refractivity contribution in [2.45, 2.75) is 6.92 Å². The van der Waals surface area contributed by atoms with Crippen molar-refractivity contribution in [1.29, 1.82) is 0 Å². The molecule has 0 aliphatic heterocycles. The van der Waals surface area contributed by atoms with Gasteiger partial charge in [0.25, 0.3) is 0 Å². The summed E-state index contributed by atoms with van der Waals surface area (Å²) < 4.78 is 9.75. The van der Waals surface area contributed by atoms with E-state index in [1.54, 1.807) is 6.92 Å². The molecular formula is C4H7NO2Si. The van der Waals surface area contributed by atoms with Gasteiger partial charge in [0.05, 0.1) is 0 Å². The predicted molar refractivity (Wildman–Crippen MR) is 30.8 cm³/mol. The van der Waals surface area contributed by atoms with Gasteiger partial charge in [-0.25, -0.2) is 0 Å². The van der Waals surface area contributed by atoms with Crippen LogP contribution >= 0.6 is 0 Å². The fourth-order valence-corrected chi connectivity index (χ4v) is 0.530. The van der Waals surface area contributed by atoms with Gasteiger partial charge in [-0.05, 0) is 6.92 Å². The van der Waals surface area contributed by atoms with Crippen LogP contribution in [0.15, 0.2) is 12.2 Å². The van der Waals surface area contributed by atoms with Gasteiger partial charge in [-0.1, -0.05) is 6.58 Å². The van der Waals surface area contributed by atoms with Crippen molar-refractivity contribution >= 4 is 15.5 Å². The second kappa shape index (κ2) is 3.26. The van der Waals surface area contributed by atoms with Crippen molar-refractivity contribution < 1.29 is 9.26 Å². The molecule has 0 unspecified atom stereocenters. The fourth-order valence-electron chi connectivity index (χ4n) is 0.177. The number of hydrogen-bond acceptors (Lipinski definition) is 2. The minimum absolute atomic E-state index is 0.338. The van der Waals surface area contributed by atoms with Crippen LogP contribution in [0.25, 0.3) is 0 Å². The zero-order chi connectivity index (χ0) is 6.57. The zero-order valence-corrected chi connectivity index (χ0v) is 5.76. The van der Waals surface area contributed by atoms with E-state index in [0.717, 1.165) is 0 Å². The maximum absolute atomic E-state index is 10.4. The van der Waals surface area contributed by atoms with E-state index in [-0.39, 0.29) is 5.91 Å². The molecule has 0 atom stereocenters. The number of carbonyl (C=O) groups is 1. The van der Waals surface area contributed by atoms with Crippen molar-refractivity contribution in [3.8, 4) is 0 Å². The minimum atomic E-state index is -1.18. The van der Waals surface area contributed by atoms with E-state index in [4.69, 9.17) is 0 Å². The van der Waals surface area contributed by atoms with Gasteiger partial charge in [0.2, 0.25) is 5.91 Å². The number of amides is 1. The van der Waals surface area contributed by atoms with Gasteiger partial charge in [0, 0.05) is 5.57 Å². The molecule has 1 amide bonds. The average molecular weight is 129 g/mol. The van der Waals surface area contributed by atoms with E-state index in [2.05, 4.69) is 11.6 Å². The molecule has 0 aliphatic rings. The second-order valence-electron chi connectivity index (χ2n) is 1.37. The van der Waals surface area contributed by atoms with Crippen LogP contribution in [0.4, 0.5) is 0 Å². The first-order valence-electron chi connectivity index (χ1n) is 2.08. The van der Waals surface area contributed by atoms with Crippen LogP contribution in [0.2, 0.25) is 0 Å². The highest BCUT2D eigenvalue weighted by Gasteiger charge is 1.96. The molecular weight excluding hydrogens is 122 g/mol. The molecule has 3 nitrogen and oxygen atoms in total. The third-order valence-corrected chi connectivity index (χ3v) is 0.958. The summed E-state index contributed by atoms with van der Waals surface area (Å²) in [7, 11) is -1.18. The molecule has 0 radical (unpaired) electrons. The number of carbonyl (C=O) groups excluding carboxylic acids is 1. The van der Waals surface area contributed by atoms with Crippen LogP contribution in [0.1, 0.15) is 6.92 Å². The zero-order valence-electron chi connectivity index (χ0n) is 4.60. The van der Waals surface area contributed by atoms with E-state index in [9.17, 15) is 9.26 Å². The summed E-state index contributed by atoms with van der Waals surface area (Å²) in [6.07, 6.45) is 0. The molecule has 44 valence electrons. The smallest absolute Gasteiger partial charge is 0.363 e. The minimum Gasteiger partial charge on any atom is -0.363 e. The first-order chi connectivity index (χ1) is 3.68. The van der Waals surface area contributed by atoms with Crippen molar-refractivity contribution in [2.24, 2.45) is 0 Å². The Morgan fingerprint density at radius 2 is 2.25 bits per heavy atom. The van der Waals surface area contributed by atoms with Crippen molar-refractivity contribution in [3.63, 3.8) is 0 Å². The summed E-state index contributed by atoms with van der Waals surface area (Å²) >= 11 is 0. The summed E-state index contributed by atoms with van der Waals surface area (Å²) in [5.74, 6) is -0.338. The summed E-state index contributed by atoms with van der Waals surface area (Å²) in [4.78, 5) is 12.5. The highest BCUT2D eigenvalue weighted by molar-refractivity contribution is 6.23. The van der Waals surface area contributed by atoms with E-state index in [1.165, 1.54) is 0 Å². The van der Waals surface area contributed by atoms with E-state index in [1.807, 2.05) is 0 Å². The maximum atomic E-state index is 10.4. The molecule has 0 heterocycles. The third kappa shape index (κ3) is 2.41. The van der Waals surface area contributed by atoms with Crippen molar-refractivity contribution in [1.82, 2.24) is 4.98 Å². The molecule has 8 heavy (non-hydrogen) atoms. The molecule has 0 bridgehead atoms. The first-order valence-corrected chi connectivity index (χ1v) is 3.13. The Morgan fingerprint density at radius 1 is 1.75 bits per heavy atom. The maximum Gasteiger partial charge on any atom is 0.383 e. The molecule has 0 spiro atoms. The average Bonchev–Trinajstić information content (AvgIpc) is 1.67. The summed E-state index contributed by atoms with van der Waals surface area (Å²) in [6.45, 7) is 4.90. The highest BCUT2D eigenvalue weighted by atomic mass is 28.2. The Labute approximate surface area is 49.7 Å². The van der Waals surface area contributed by atoms with E-state index in [0.29, 0.717) is 5.57 Å². The van der Waals surface area contributed by atoms with Crippen LogP contribution in [0, 0.1) is 0 Å². The van der Waals surface area contributed by atoms with Gasteiger partial charge >= 0.3 is 9.57 Å². The summed E-state index contributed by atoms with van der Waals surface area (Å²) in [6, 6.07) is 0. The van der Waals surface area contributed by atoms with Gasteiger partial charge in [-0.2, -0.15) is 0 Å². The molecule has 0 aromatic rings. The number of nitrogens with one attached hydrogen (secondary N) is 1. The Hall–Kier alpha value is -0.773. The Balaban J connectivity index is 3.65. The summed E-state index contributed by atoms with van der Waals surface area (Å²) in [5.41, 5.74) is 0.383. The third-order valence-electron chi connectivity index (χ3n) is 0.578. The van der Waals surface area contributed by atoms with Gasteiger partial charge in [0.1, 0.15) is 0 Å². The molecule has 0 aromatic heterocycles. The van der Waals surface area contributed by atoms with Crippen LogP contribution in [-0.4, -0.2) is 15.5 Å². The second-order valence-corrected chi connectivity index (χ2v) is 1.90. The largest absolute Gasteiger partial charge is 0.383 e. The molecule has 0 saturated heterocycles. The molecule has 0 aliphatic carbocycles. The van der Waals surface area contributed by atoms with E-state index < -0.39 is 9.57 Å². The molecule has 0 fully saturated rings. The van der Waals surface area contributed by atoms with Gasteiger partial charge in [-0.3, -0.25) is 4.79 Å². The molecule has 0 aromatic carbocycles. The lowest BCUT2D eigenvalue weighted by atomic mass is 10.3. The van der Waals surface area contributed by atoms with Gasteiger partial charge in [0.15, 0.2) is 0 Å². The predicted octanol–water partition coefficient (Wildman–Crippen LogP) is -0.624. The lowest BCUT2D eigenvalue weighted by molar-refractivity contribution is -0.115. The van der Waals surface area contributed by atoms with E-state index >= 15 is 0 Å². The van der Waals surface area contributed by atoms with Crippen LogP contribution in [0.3, 0.4) is 0 Å². The molecule has 0 saturated carbocycles. The number of rotatable bonds is 2.